The van der Waals surface area contributed by atoms with Crippen LogP contribution in [0.15, 0.2) is 43.1 Å². The van der Waals surface area contributed by atoms with Gasteiger partial charge < -0.3 is 30.2 Å². The van der Waals surface area contributed by atoms with Gasteiger partial charge in [-0.05, 0) is 72.1 Å². The Labute approximate surface area is 243 Å². The van der Waals surface area contributed by atoms with Gasteiger partial charge in [0, 0.05) is 24.2 Å². The molecule has 0 unspecified atom stereocenters. The van der Waals surface area contributed by atoms with E-state index in [4.69, 9.17) is 4.74 Å². The predicted octanol–water partition coefficient (Wildman–Crippen LogP) is 5.90. The highest BCUT2D eigenvalue weighted by Crippen LogP contribution is 2.37. The Morgan fingerprint density at radius 3 is 2.55 bits per heavy atom. The first-order chi connectivity index (χ1) is 20.0. The van der Waals surface area contributed by atoms with Crippen LogP contribution in [0.3, 0.4) is 0 Å². The number of benzene rings is 2. The average Bonchev–Trinajstić information content (AvgIpc) is 3.29. The van der Waals surface area contributed by atoms with Gasteiger partial charge in [0.05, 0.1) is 35.9 Å². The van der Waals surface area contributed by atoms with Crippen LogP contribution in [0.2, 0.25) is 0 Å². The van der Waals surface area contributed by atoms with Gasteiger partial charge in [-0.25, -0.2) is 23.7 Å². The van der Waals surface area contributed by atoms with Crippen LogP contribution >= 0.6 is 0 Å². The molecule has 3 N–H and O–H groups in total. The molecule has 0 saturated heterocycles. The fraction of sp³-hybridized carbons (Fsp3) is 0.333. The summed E-state index contributed by atoms with van der Waals surface area (Å²) in [6, 6.07) is 6.31. The van der Waals surface area contributed by atoms with Crippen molar-refractivity contribution in [3.63, 3.8) is 0 Å². The molecule has 4 rings (SSSR count). The van der Waals surface area contributed by atoms with Gasteiger partial charge in [0.1, 0.15) is 22.8 Å². The summed E-state index contributed by atoms with van der Waals surface area (Å²) < 4.78 is 37.6. The molecule has 2 aromatic heterocycles. The molecule has 0 radical (unpaired) electrons. The van der Waals surface area contributed by atoms with Crippen LogP contribution < -0.4 is 20.7 Å². The number of carbonyl (C=O) groups is 1. The van der Waals surface area contributed by atoms with Crippen LogP contribution in [0, 0.1) is 18.6 Å². The molecule has 0 atom stereocenters. The Kier molecular flexibility index (Phi) is 9.36. The summed E-state index contributed by atoms with van der Waals surface area (Å²) in [5.41, 5.74) is 2.46. The fourth-order valence-electron chi connectivity index (χ4n) is 4.71. The van der Waals surface area contributed by atoms with E-state index in [1.807, 2.05) is 32.5 Å². The highest BCUT2D eigenvalue weighted by molar-refractivity contribution is 6.02. The van der Waals surface area contributed by atoms with Gasteiger partial charge in [0.2, 0.25) is 11.9 Å². The molecule has 0 fully saturated rings. The lowest BCUT2D eigenvalue weighted by atomic mass is 10.1. The Balaban J connectivity index is 1.71. The number of amides is 1. The van der Waals surface area contributed by atoms with E-state index < -0.39 is 17.5 Å². The number of aromatic nitrogens is 4. The molecule has 0 aliphatic rings. The zero-order valence-corrected chi connectivity index (χ0v) is 24.7. The van der Waals surface area contributed by atoms with Crippen LogP contribution in [0.4, 0.5) is 31.8 Å². The number of ether oxygens (including phenoxy) is 1. The number of imidazole rings is 1. The normalized spacial score (nSPS) is 11.3. The highest BCUT2D eigenvalue weighted by Gasteiger charge is 2.19. The number of halogens is 2. The van der Waals surface area contributed by atoms with Crippen LogP contribution in [-0.4, -0.2) is 64.6 Å². The van der Waals surface area contributed by atoms with Crippen molar-refractivity contribution in [1.82, 2.24) is 24.4 Å². The maximum absolute atomic E-state index is 15.1. The number of nitrogens with one attached hydrogen (secondary N) is 3. The number of aryl methyl sites for hydroxylation is 1. The number of hydrogen-bond donors (Lipinski definition) is 3. The third kappa shape index (κ3) is 6.65. The standard InChI is InChI=1S/C30H36F2N8O2/c1-8-27(41)36-23-14-24(26(42-7)15-22(23)33-10-9-11-39(5)6)37-30-34-16-21(32)28(38-30)19-12-20(31)29-25(13-19)40(17(2)3)18(4)35-29/h8,12-17,33H,1,9-11H2,2-7H3,(H,36,41)(H,34,37,38). The number of carbonyl (C=O) groups excluding carboxylic acids is 1. The van der Waals surface area contributed by atoms with Crippen LogP contribution in [0.1, 0.15) is 32.1 Å². The lowest BCUT2D eigenvalue weighted by Crippen LogP contribution is -2.17. The third-order valence-electron chi connectivity index (χ3n) is 6.59. The quantitative estimate of drug-likeness (QED) is 0.141. The summed E-state index contributed by atoms with van der Waals surface area (Å²) in [7, 11) is 5.50. The monoisotopic (exact) mass is 578 g/mol. The maximum Gasteiger partial charge on any atom is 0.247 e. The summed E-state index contributed by atoms with van der Waals surface area (Å²) in [4.78, 5) is 27.1. The van der Waals surface area contributed by atoms with E-state index in [0.717, 1.165) is 19.2 Å². The second kappa shape index (κ2) is 12.9. The third-order valence-corrected chi connectivity index (χ3v) is 6.59. The van der Waals surface area contributed by atoms with Gasteiger partial charge >= 0.3 is 0 Å². The summed E-state index contributed by atoms with van der Waals surface area (Å²) in [5, 5.41) is 9.18. The number of nitrogens with zero attached hydrogens (tertiary/aromatic N) is 5. The molecule has 42 heavy (non-hydrogen) atoms. The molecular formula is C30H36F2N8O2. The van der Waals surface area contributed by atoms with Crippen LogP contribution in [-0.2, 0) is 4.79 Å². The van der Waals surface area contributed by atoms with Gasteiger partial charge in [-0.15, -0.1) is 0 Å². The number of methoxy groups -OCH3 is 1. The Hall–Kier alpha value is -4.58. The van der Waals surface area contributed by atoms with Gasteiger partial charge in [-0.3, -0.25) is 4.79 Å². The fourth-order valence-corrected chi connectivity index (χ4v) is 4.71. The molecule has 222 valence electrons. The van der Waals surface area contributed by atoms with E-state index in [2.05, 4.69) is 42.4 Å². The Morgan fingerprint density at radius 1 is 1.12 bits per heavy atom. The number of anilines is 4. The molecule has 10 nitrogen and oxygen atoms in total. The zero-order chi connectivity index (χ0) is 30.6. The molecule has 12 heteroatoms. The number of fused-ring (bicyclic) bond motifs is 1. The average molecular weight is 579 g/mol. The van der Waals surface area contributed by atoms with Gasteiger partial charge in [-0.2, -0.15) is 0 Å². The van der Waals surface area contributed by atoms with E-state index in [9.17, 15) is 4.79 Å². The van der Waals surface area contributed by atoms with Crippen molar-refractivity contribution in [1.29, 1.82) is 0 Å². The molecule has 2 heterocycles. The molecule has 2 aromatic carbocycles. The minimum absolute atomic E-state index is 0.0193. The van der Waals surface area contributed by atoms with Crippen molar-refractivity contribution < 1.29 is 18.3 Å². The Morgan fingerprint density at radius 2 is 1.88 bits per heavy atom. The van der Waals surface area contributed by atoms with Crippen molar-refractivity contribution in [2.75, 3.05) is 50.2 Å². The summed E-state index contributed by atoms with van der Waals surface area (Å²) >= 11 is 0. The van der Waals surface area contributed by atoms with E-state index in [-0.39, 0.29) is 28.8 Å². The minimum Gasteiger partial charge on any atom is -0.494 e. The maximum atomic E-state index is 15.1. The first-order valence-electron chi connectivity index (χ1n) is 13.5. The van der Waals surface area contributed by atoms with Crippen molar-refractivity contribution >= 4 is 40.0 Å². The van der Waals surface area contributed by atoms with Crippen molar-refractivity contribution in [3.8, 4) is 17.0 Å². The van der Waals surface area contributed by atoms with E-state index in [1.54, 1.807) is 25.1 Å². The predicted molar refractivity (Wildman–Crippen MR) is 163 cm³/mol. The first kappa shape index (κ1) is 30.4. The summed E-state index contributed by atoms with van der Waals surface area (Å²) in [5.74, 6) is -0.545. The molecule has 0 spiro atoms. The lowest BCUT2D eigenvalue weighted by molar-refractivity contribution is -0.111. The molecule has 0 aliphatic carbocycles. The summed E-state index contributed by atoms with van der Waals surface area (Å²) in [6.07, 6.45) is 3.07. The molecular weight excluding hydrogens is 542 g/mol. The molecule has 0 bridgehead atoms. The summed E-state index contributed by atoms with van der Waals surface area (Å²) in [6.45, 7) is 10.8. The zero-order valence-electron chi connectivity index (χ0n) is 24.7. The van der Waals surface area contributed by atoms with E-state index in [0.29, 0.717) is 40.7 Å². The second-order valence-corrected chi connectivity index (χ2v) is 10.3. The van der Waals surface area contributed by atoms with E-state index in [1.165, 1.54) is 19.3 Å². The Bertz CT molecular complexity index is 1620. The molecule has 1 amide bonds. The topological polar surface area (TPSA) is 109 Å². The van der Waals surface area contributed by atoms with Crippen molar-refractivity contribution in [2.24, 2.45) is 0 Å². The van der Waals surface area contributed by atoms with Crippen molar-refractivity contribution in [2.45, 2.75) is 33.2 Å². The van der Waals surface area contributed by atoms with Gasteiger partial charge in [0.15, 0.2) is 11.6 Å². The SMILES string of the molecule is C=CC(=O)Nc1cc(Nc2ncc(F)c(-c3cc(F)c4nc(C)n(C(C)C)c4c3)n2)c(OC)cc1NCCCN(C)C. The second-order valence-electron chi connectivity index (χ2n) is 10.3. The van der Waals surface area contributed by atoms with Gasteiger partial charge in [-0.1, -0.05) is 6.58 Å². The molecule has 4 aromatic rings. The largest absolute Gasteiger partial charge is 0.494 e. The molecule has 0 aliphatic heterocycles. The van der Waals surface area contributed by atoms with Crippen molar-refractivity contribution in [3.05, 3.63) is 60.6 Å². The smallest absolute Gasteiger partial charge is 0.247 e. The minimum atomic E-state index is -0.713. The van der Waals surface area contributed by atoms with Crippen LogP contribution in [0.5, 0.6) is 5.75 Å². The number of rotatable bonds is 12. The lowest BCUT2D eigenvalue weighted by Gasteiger charge is -2.18. The van der Waals surface area contributed by atoms with Crippen LogP contribution in [0.25, 0.3) is 22.3 Å². The molecule has 0 saturated carbocycles. The van der Waals surface area contributed by atoms with Gasteiger partial charge in [0.25, 0.3) is 0 Å². The van der Waals surface area contributed by atoms with E-state index >= 15 is 8.78 Å². The highest BCUT2D eigenvalue weighted by atomic mass is 19.1. The first-order valence-corrected chi connectivity index (χ1v) is 13.5. The number of hydrogen-bond acceptors (Lipinski definition) is 8.